The molecule has 1 aliphatic rings. The first kappa shape index (κ1) is 12.6. The van der Waals surface area contributed by atoms with E-state index in [4.69, 9.17) is 4.74 Å². The second kappa shape index (κ2) is 6.81. The van der Waals surface area contributed by atoms with Crippen molar-refractivity contribution in [2.45, 2.75) is 36.8 Å². The molecule has 0 aromatic carbocycles. The van der Waals surface area contributed by atoms with Crippen molar-refractivity contribution in [2.24, 2.45) is 0 Å². The van der Waals surface area contributed by atoms with E-state index >= 15 is 0 Å². The Balaban J connectivity index is 1.66. The molecular weight excluding hydrogens is 234 g/mol. The van der Waals surface area contributed by atoms with Crippen LogP contribution in [-0.4, -0.2) is 35.5 Å². The molecule has 0 aliphatic heterocycles. The predicted molar refractivity (Wildman–Crippen MR) is 70.5 cm³/mol. The Morgan fingerprint density at radius 3 is 3.00 bits per heavy atom. The molecule has 1 heterocycles. The van der Waals surface area contributed by atoms with E-state index in [0.717, 1.165) is 24.0 Å². The van der Waals surface area contributed by atoms with Crippen LogP contribution in [0, 0.1) is 0 Å². The van der Waals surface area contributed by atoms with Gasteiger partial charge in [0.15, 0.2) is 0 Å². The summed E-state index contributed by atoms with van der Waals surface area (Å²) < 4.78 is 5.77. The molecule has 1 N–H and O–H groups in total. The Bertz CT molecular complexity index is 342. The number of ether oxygens (including phenoxy) is 1. The molecule has 94 valence electrons. The van der Waals surface area contributed by atoms with E-state index in [9.17, 15) is 0 Å². The Morgan fingerprint density at radius 2 is 2.24 bits per heavy atom. The maximum Gasteiger partial charge on any atom is 0.130 e. The van der Waals surface area contributed by atoms with Crippen LogP contribution >= 0.6 is 11.8 Å². The second-order valence-electron chi connectivity index (χ2n) is 4.15. The Morgan fingerprint density at radius 1 is 1.41 bits per heavy atom. The summed E-state index contributed by atoms with van der Waals surface area (Å²) in [6.07, 6.45) is 9.18. The van der Waals surface area contributed by atoms with Crippen LogP contribution in [0.15, 0.2) is 17.4 Å². The number of thioether (sulfide) groups is 1. The van der Waals surface area contributed by atoms with Crippen LogP contribution in [0.2, 0.25) is 0 Å². The minimum Gasteiger partial charge on any atom is -0.376 e. The van der Waals surface area contributed by atoms with Gasteiger partial charge in [0.2, 0.25) is 0 Å². The maximum absolute atomic E-state index is 5.77. The smallest absolute Gasteiger partial charge is 0.130 e. The Hall–Kier alpha value is -0.810. The molecule has 1 aliphatic carbocycles. The highest BCUT2D eigenvalue weighted by Gasteiger charge is 2.14. The lowest BCUT2D eigenvalue weighted by molar-refractivity contribution is 0.0658. The lowest BCUT2D eigenvalue weighted by atomic mass is 10.3. The zero-order valence-electron chi connectivity index (χ0n) is 10.2. The highest BCUT2D eigenvalue weighted by molar-refractivity contribution is 7.98. The molecule has 4 nitrogen and oxygen atoms in total. The van der Waals surface area contributed by atoms with Crippen molar-refractivity contribution in [1.29, 1.82) is 0 Å². The summed E-state index contributed by atoms with van der Waals surface area (Å²) in [7, 11) is 0. The predicted octanol–water partition coefficient (Wildman–Crippen LogP) is 2.57. The van der Waals surface area contributed by atoms with Gasteiger partial charge in [-0.3, -0.25) is 0 Å². The fraction of sp³-hybridized carbons (Fsp3) is 0.667. The average molecular weight is 253 g/mol. The SMILES string of the molecule is CSc1cc(NCCOC2CCCC2)ncn1. The van der Waals surface area contributed by atoms with Gasteiger partial charge in [0, 0.05) is 12.6 Å². The minimum absolute atomic E-state index is 0.490. The molecule has 1 aromatic heterocycles. The standard InChI is InChI=1S/C12H19N3OS/c1-17-12-8-11(14-9-15-12)13-6-7-16-10-4-2-3-5-10/h8-10H,2-7H2,1H3,(H,13,14,15). The molecular formula is C12H19N3OS. The molecule has 2 rings (SSSR count). The van der Waals surface area contributed by atoms with Crippen LogP contribution in [0.3, 0.4) is 0 Å². The van der Waals surface area contributed by atoms with Crippen molar-refractivity contribution in [1.82, 2.24) is 9.97 Å². The third-order valence-electron chi connectivity index (χ3n) is 2.92. The van der Waals surface area contributed by atoms with Crippen LogP contribution in [0.5, 0.6) is 0 Å². The molecule has 17 heavy (non-hydrogen) atoms. The number of hydrogen-bond donors (Lipinski definition) is 1. The summed E-state index contributed by atoms with van der Waals surface area (Å²) >= 11 is 1.62. The van der Waals surface area contributed by atoms with Gasteiger partial charge in [-0.2, -0.15) is 0 Å². The summed E-state index contributed by atoms with van der Waals surface area (Å²) in [5.41, 5.74) is 0. The second-order valence-corrected chi connectivity index (χ2v) is 4.98. The number of aromatic nitrogens is 2. The highest BCUT2D eigenvalue weighted by atomic mass is 32.2. The van der Waals surface area contributed by atoms with Crippen LogP contribution in [0.4, 0.5) is 5.82 Å². The fourth-order valence-electron chi connectivity index (χ4n) is 2.01. The van der Waals surface area contributed by atoms with E-state index in [0.29, 0.717) is 6.10 Å². The molecule has 0 atom stereocenters. The molecule has 1 fully saturated rings. The van der Waals surface area contributed by atoms with Crippen LogP contribution in [0.1, 0.15) is 25.7 Å². The molecule has 0 spiro atoms. The summed E-state index contributed by atoms with van der Waals surface area (Å²) in [4.78, 5) is 8.30. The lowest BCUT2D eigenvalue weighted by Crippen LogP contribution is -2.15. The molecule has 0 saturated heterocycles. The summed E-state index contributed by atoms with van der Waals surface area (Å²) in [6.45, 7) is 1.56. The van der Waals surface area contributed by atoms with E-state index in [1.165, 1.54) is 25.7 Å². The van der Waals surface area contributed by atoms with Gasteiger partial charge in [0.05, 0.1) is 12.7 Å². The van der Waals surface area contributed by atoms with Crippen molar-refractivity contribution in [3.63, 3.8) is 0 Å². The highest BCUT2D eigenvalue weighted by Crippen LogP contribution is 2.20. The largest absolute Gasteiger partial charge is 0.376 e. The Labute approximate surface area is 107 Å². The van der Waals surface area contributed by atoms with Gasteiger partial charge >= 0.3 is 0 Å². The van der Waals surface area contributed by atoms with E-state index in [-0.39, 0.29) is 0 Å². The number of hydrogen-bond acceptors (Lipinski definition) is 5. The van der Waals surface area contributed by atoms with Crippen LogP contribution in [-0.2, 0) is 4.74 Å². The van der Waals surface area contributed by atoms with Crippen LogP contribution in [0.25, 0.3) is 0 Å². The summed E-state index contributed by atoms with van der Waals surface area (Å²) in [5, 5.41) is 4.24. The number of nitrogens with zero attached hydrogens (tertiary/aromatic N) is 2. The zero-order valence-corrected chi connectivity index (χ0v) is 11.0. The van der Waals surface area contributed by atoms with Gasteiger partial charge in [0.25, 0.3) is 0 Å². The van der Waals surface area contributed by atoms with Gasteiger partial charge in [-0.1, -0.05) is 12.8 Å². The summed E-state index contributed by atoms with van der Waals surface area (Å²) in [6, 6.07) is 1.96. The fourth-order valence-corrected chi connectivity index (χ4v) is 2.39. The normalized spacial score (nSPS) is 16.3. The first-order valence-corrected chi connectivity index (χ1v) is 7.32. The number of anilines is 1. The molecule has 0 radical (unpaired) electrons. The molecule has 0 unspecified atom stereocenters. The first-order valence-electron chi connectivity index (χ1n) is 6.10. The lowest BCUT2D eigenvalue weighted by Gasteiger charge is -2.11. The van der Waals surface area contributed by atoms with Gasteiger partial charge in [-0.25, -0.2) is 9.97 Å². The summed E-state index contributed by atoms with van der Waals surface area (Å²) in [5.74, 6) is 0.874. The van der Waals surface area contributed by atoms with Crippen molar-refractivity contribution in [3.8, 4) is 0 Å². The molecule has 1 aromatic rings. The van der Waals surface area contributed by atoms with Crippen molar-refractivity contribution >= 4 is 17.6 Å². The minimum atomic E-state index is 0.490. The quantitative estimate of drug-likeness (QED) is 0.479. The van der Waals surface area contributed by atoms with Gasteiger partial charge < -0.3 is 10.1 Å². The number of nitrogens with one attached hydrogen (secondary N) is 1. The molecule has 1 saturated carbocycles. The average Bonchev–Trinajstić information content (AvgIpc) is 2.88. The van der Waals surface area contributed by atoms with E-state index in [2.05, 4.69) is 15.3 Å². The van der Waals surface area contributed by atoms with Crippen LogP contribution < -0.4 is 5.32 Å². The van der Waals surface area contributed by atoms with Gasteiger partial charge in [0.1, 0.15) is 17.2 Å². The van der Waals surface area contributed by atoms with E-state index in [1.54, 1.807) is 18.1 Å². The van der Waals surface area contributed by atoms with Crippen molar-refractivity contribution in [3.05, 3.63) is 12.4 Å². The van der Waals surface area contributed by atoms with E-state index < -0.39 is 0 Å². The maximum atomic E-state index is 5.77. The number of rotatable bonds is 6. The third kappa shape index (κ3) is 4.16. The van der Waals surface area contributed by atoms with Crippen molar-refractivity contribution < 1.29 is 4.74 Å². The third-order valence-corrected chi connectivity index (χ3v) is 3.56. The molecule has 5 heteroatoms. The zero-order chi connectivity index (χ0) is 11.9. The van der Waals surface area contributed by atoms with E-state index in [1.807, 2.05) is 12.3 Å². The molecule has 0 bridgehead atoms. The van der Waals surface area contributed by atoms with Gasteiger partial charge in [-0.05, 0) is 19.1 Å². The topological polar surface area (TPSA) is 47.0 Å². The first-order chi connectivity index (χ1) is 8.38. The van der Waals surface area contributed by atoms with Crippen molar-refractivity contribution in [2.75, 3.05) is 24.7 Å². The monoisotopic (exact) mass is 253 g/mol. The van der Waals surface area contributed by atoms with Gasteiger partial charge in [-0.15, -0.1) is 11.8 Å². The Kier molecular flexibility index (Phi) is 5.07. The molecule has 0 amide bonds.